The molecule has 0 radical (unpaired) electrons. The zero-order chi connectivity index (χ0) is 10.8. The highest BCUT2D eigenvalue weighted by molar-refractivity contribution is 5.53. The number of nitrogen functional groups attached to an aromatic ring is 1. The van der Waals surface area contributed by atoms with Gasteiger partial charge in [0.05, 0.1) is 12.2 Å². The van der Waals surface area contributed by atoms with Gasteiger partial charge in [-0.3, -0.25) is 0 Å². The van der Waals surface area contributed by atoms with Crippen molar-refractivity contribution in [1.82, 2.24) is 0 Å². The lowest BCUT2D eigenvalue weighted by Gasteiger charge is -2.36. The number of morpholine rings is 1. The Kier molecular flexibility index (Phi) is 2.82. The summed E-state index contributed by atoms with van der Waals surface area (Å²) in [6.07, 6.45) is 0.595. The molecule has 1 fully saturated rings. The van der Waals surface area contributed by atoms with E-state index in [0.29, 0.717) is 12.2 Å². The number of nitrogens with two attached hydrogens (primary N) is 1. The monoisotopic (exact) mass is 206 g/mol. The molecule has 15 heavy (non-hydrogen) atoms. The molecule has 82 valence electrons. The van der Waals surface area contributed by atoms with Crippen molar-refractivity contribution in [3.05, 3.63) is 24.3 Å². The van der Waals surface area contributed by atoms with Gasteiger partial charge in [-0.25, -0.2) is 0 Å². The van der Waals surface area contributed by atoms with Crippen LogP contribution in [0.5, 0.6) is 0 Å². The van der Waals surface area contributed by atoms with Gasteiger partial charge < -0.3 is 15.4 Å². The van der Waals surface area contributed by atoms with Gasteiger partial charge >= 0.3 is 0 Å². The van der Waals surface area contributed by atoms with Crippen molar-refractivity contribution in [3.8, 4) is 0 Å². The number of benzene rings is 1. The fraction of sp³-hybridized carbons (Fsp3) is 0.500. The molecule has 0 amide bonds. The van der Waals surface area contributed by atoms with E-state index in [4.69, 9.17) is 10.5 Å². The van der Waals surface area contributed by atoms with Crippen LogP contribution in [0.1, 0.15) is 13.8 Å². The summed E-state index contributed by atoms with van der Waals surface area (Å²) in [6, 6.07) is 8.03. The number of ether oxygens (including phenoxy) is 1. The van der Waals surface area contributed by atoms with Crippen molar-refractivity contribution in [3.63, 3.8) is 0 Å². The highest BCUT2D eigenvalue weighted by atomic mass is 16.5. The summed E-state index contributed by atoms with van der Waals surface area (Å²) in [6.45, 7) is 6.13. The molecule has 2 atom stereocenters. The van der Waals surface area contributed by atoms with Crippen LogP contribution in [-0.2, 0) is 4.74 Å². The zero-order valence-corrected chi connectivity index (χ0v) is 9.31. The largest absolute Gasteiger partial charge is 0.399 e. The zero-order valence-electron chi connectivity index (χ0n) is 9.31. The summed E-state index contributed by atoms with van der Waals surface area (Å²) in [5.74, 6) is 0. The van der Waals surface area contributed by atoms with Crippen LogP contribution in [0.4, 0.5) is 11.4 Å². The molecule has 1 heterocycles. The van der Waals surface area contributed by atoms with E-state index >= 15 is 0 Å². The molecule has 2 N–H and O–H groups in total. The average molecular weight is 206 g/mol. The third-order valence-electron chi connectivity index (χ3n) is 2.68. The number of hydrogen-bond donors (Lipinski definition) is 1. The van der Waals surface area contributed by atoms with Gasteiger partial charge in [-0.1, -0.05) is 0 Å². The summed E-state index contributed by atoms with van der Waals surface area (Å²) < 4.78 is 5.70. The Morgan fingerprint density at radius 1 is 1.13 bits per heavy atom. The molecule has 1 saturated heterocycles. The Labute approximate surface area is 90.8 Å². The first-order valence-electron chi connectivity index (χ1n) is 5.41. The molecule has 1 aromatic carbocycles. The molecule has 3 nitrogen and oxygen atoms in total. The van der Waals surface area contributed by atoms with E-state index in [-0.39, 0.29) is 0 Å². The summed E-state index contributed by atoms with van der Waals surface area (Å²) in [4.78, 5) is 2.35. The Balaban J connectivity index is 2.12. The predicted octanol–water partition coefficient (Wildman–Crippen LogP) is 1.88. The minimum Gasteiger partial charge on any atom is -0.399 e. The molecule has 0 saturated carbocycles. The quantitative estimate of drug-likeness (QED) is 0.713. The van der Waals surface area contributed by atoms with Gasteiger partial charge in [0, 0.05) is 24.5 Å². The third kappa shape index (κ3) is 2.42. The maximum Gasteiger partial charge on any atom is 0.0726 e. The second-order valence-electron chi connectivity index (χ2n) is 4.25. The Hall–Kier alpha value is -1.22. The molecule has 0 aromatic heterocycles. The molecule has 1 aliphatic rings. The summed E-state index contributed by atoms with van der Waals surface area (Å²) in [5, 5.41) is 0. The first-order chi connectivity index (χ1) is 7.15. The van der Waals surface area contributed by atoms with Crippen LogP contribution < -0.4 is 10.6 Å². The van der Waals surface area contributed by atoms with Gasteiger partial charge in [-0.2, -0.15) is 0 Å². The van der Waals surface area contributed by atoms with E-state index in [1.807, 2.05) is 12.1 Å². The van der Waals surface area contributed by atoms with Gasteiger partial charge in [-0.15, -0.1) is 0 Å². The van der Waals surface area contributed by atoms with Crippen molar-refractivity contribution in [2.24, 2.45) is 0 Å². The standard InChI is InChI=1S/C12H18N2O/c1-9-7-14(8-10(2)15-9)12-5-3-11(13)4-6-12/h3-6,9-10H,7-8,13H2,1-2H3/t9-,10?/m0/s1. The summed E-state index contributed by atoms with van der Waals surface area (Å²) in [5.41, 5.74) is 7.71. The molecule has 0 bridgehead atoms. The van der Waals surface area contributed by atoms with E-state index in [1.54, 1.807) is 0 Å². The number of hydrogen-bond acceptors (Lipinski definition) is 3. The predicted molar refractivity (Wildman–Crippen MR) is 63.1 cm³/mol. The van der Waals surface area contributed by atoms with Crippen LogP contribution in [0.3, 0.4) is 0 Å². The van der Waals surface area contributed by atoms with E-state index in [1.165, 1.54) is 5.69 Å². The van der Waals surface area contributed by atoms with Gasteiger partial charge in [0.25, 0.3) is 0 Å². The highest BCUT2D eigenvalue weighted by Crippen LogP contribution is 2.21. The van der Waals surface area contributed by atoms with Gasteiger partial charge in [-0.05, 0) is 38.1 Å². The maximum atomic E-state index is 5.70. The van der Waals surface area contributed by atoms with E-state index < -0.39 is 0 Å². The molecule has 0 aliphatic carbocycles. The van der Waals surface area contributed by atoms with Crippen LogP contribution in [0, 0.1) is 0 Å². The van der Waals surface area contributed by atoms with Crippen molar-refractivity contribution in [1.29, 1.82) is 0 Å². The SMILES string of the molecule is CC1CN(c2ccc(N)cc2)C[C@H](C)O1. The second-order valence-corrected chi connectivity index (χ2v) is 4.25. The van der Waals surface area contributed by atoms with E-state index in [0.717, 1.165) is 18.8 Å². The smallest absolute Gasteiger partial charge is 0.0726 e. The Morgan fingerprint density at radius 2 is 1.67 bits per heavy atom. The molecule has 2 rings (SSSR count). The summed E-state index contributed by atoms with van der Waals surface area (Å²) in [7, 11) is 0. The normalized spacial score (nSPS) is 26.7. The van der Waals surface area contributed by atoms with Gasteiger partial charge in [0.1, 0.15) is 0 Å². The average Bonchev–Trinajstić information content (AvgIpc) is 2.17. The Bertz CT molecular complexity index is 313. The van der Waals surface area contributed by atoms with E-state index in [9.17, 15) is 0 Å². The molecule has 1 unspecified atom stereocenters. The second kappa shape index (κ2) is 4.11. The molecule has 3 heteroatoms. The number of rotatable bonds is 1. The minimum absolute atomic E-state index is 0.298. The Morgan fingerprint density at radius 3 is 2.20 bits per heavy atom. The van der Waals surface area contributed by atoms with Crippen LogP contribution in [0.25, 0.3) is 0 Å². The first-order valence-corrected chi connectivity index (χ1v) is 5.41. The van der Waals surface area contributed by atoms with Crippen LogP contribution in [-0.4, -0.2) is 25.3 Å². The topological polar surface area (TPSA) is 38.5 Å². The summed E-state index contributed by atoms with van der Waals surface area (Å²) >= 11 is 0. The third-order valence-corrected chi connectivity index (χ3v) is 2.68. The molecular weight excluding hydrogens is 188 g/mol. The van der Waals surface area contributed by atoms with Crippen molar-refractivity contribution < 1.29 is 4.74 Å². The highest BCUT2D eigenvalue weighted by Gasteiger charge is 2.21. The molecular formula is C12H18N2O. The fourth-order valence-corrected chi connectivity index (χ4v) is 2.07. The lowest BCUT2D eigenvalue weighted by molar-refractivity contribution is -0.00521. The van der Waals surface area contributed by atoms with Crippen molar-refractivity contribution in [2.45, 2.75) is 26.1 Å². The van der Waals surface area contributed by atoms with Crippen molar-refractivity contribution in [2.75, 3.05) is 23.7 Å². The number of nitrogens with zero attached hydrogens (tertiary/aromatic N) is 1. The first kappa shape index (κ1) is 10.3. The maximum absolute atomic E-state index is 5.70. The fourth-order valence-electron chi connectivity index (χ4n) is 2.07. The van der Waals surface area contributed by atoms with Crippen LogP contribution >= 0.6 is 0 Å². The lowest BCUT2D eigenvalue weighted by atomic mass is 10.2. The van der Waals surface area contributed by atoms with Crippen LogP contribution in [0.2, 0.25) is 0 Å². The number of anilines is 2. The van der Waals surface area contributed by atoms with Crippen molar-refractivity contribution >= 4 is 11.4 Å². The van der Waals surface area contributed by atoms with Crippen LogP contribution in [0.15, 0.2) is 24.3 Å². The molecule has 1 aromatic rings. The molecule has 0 spiro atoms. The molecule has 1 aliphatic heterocycles. The van der Waals surface area contributed by atoms with Gasteiger partial charge in [0.15, 0.2) is 0 Å². The minimum atomic E-state index is 0.298. The lowest BCUT2D eigenvalue weighted by Crippen LogP contribution is -2.45. The van der Waals surface area contributed by atoms with E-state index in [2.05, 4.69) is 30.9 Å². The van der Waals surface area contributed by atoms with Gasteiger partial charge in [0.2, 0.25) is 0 Å².